The molecule has 12 heavy (non-hydrogen) atoms. The van der Waals surface area contributed by atoms with E-state index in [9.17, 15) is 4.39 Å². The minimum Gasteiger partial charge on any atom is -0.471 e. The van der Waals surface area contributed by atoms with Crippen molar-refractivity contribution in [1.29, 1.82) is 0 Å². The molecular weight excluding hydrogens is 181 g/mol. The van der Waals surface area contributed by atoms with Crippen molar-refractivity contribution in [1.82, 2.24) is 0 Å². The predicted molar refractivity (Wildman–Crippen MR) is 44.3 cm³/mol. The van der Waals surface area contributed by atoms with Gasteiger partial charge in [0.25, 0.3) is 0 Å². The highest BCUT2D eigenvalue weighted by Gasteiger charge is 2.13. The van der Waals surface area contributed by atoms with Crippen LogP contribution in [0.25, 0.3) is 0 Å². The van der Waals surface area contributed by atoms with E-state index in [1.165, 1.54) is 12.1 Å². The van der Waals surface area contributed by atoms with Crippen LogP contribution in [-0.4, -0.2) is 11.9 Å². The quantitative estimate of drug-likeness (QED) is 0.607. The highest BCUT2D eigenvalue weighted by Crippen LogP contribution is 2.24. The average molecular weight is 186 g/mol. The summed E-state index contributed by atoms with van der Waals surface area (Å²) in [4.78, 5) is 3.81. The zero-order chi connectivity index (χ0) is 8.55. The molecule has 0 spiro atoms. The number of aliphatic imine (C=N–C) groups is 1. The molecule has 1 aliphatic rings. The Morgan fingerprint density at radius 1 is 1.50 bits per heavy atom. The van der Waals surface area contributed by atoms with Crippen molar-refractivity contribution in [3.8, 4) is 5.75 Å². The zero-order valence-electron chi connectivity index (χ0n) is 6.05. The van der Waals surface area contributed by atoms with Gasteiger partial charge in [-0.2, -0.15) is 0 Å². The van der Waals surface area contributed by atoms with Gasteiger partial charge in [0.2, 0.25) is 0 Å². The van der Waals surface area contributed by atoms with Crippen LogP contribution in [0, 0.1) is 5.82 Å². The standard InChI is InChI=1S/C8H5ClFNO/c9-8-6-3-5(10)1-2-7(6)12-4-11-8/h1-3H,4H2. The molecule has 0 atom stereocenters. The third-order valence-electron chi connectivity index (χ3n) is 1.59. The van der Waals surface area contributed by atoms with E-state index in [1.54, 1.807) is 6.07 Å². The minimum absolute atomic E-state index is 0.206. The Kier molecular flexibility index (Phi) is 1.73. The molecule has 4 heteroatoms. The second kappa shape index (κ2) is 2.75. The fraction of sp³-hybridized carbons (Fsp3) is 0.125. The maximum Gasteiger partial charge on any atom is 0.180 e. The molecule has 0 saturated carbocycles. The molecule has 0 aliphatic carbocycles. The van der Waals surface area contributed by atoms with Crippen LogP contribution < -0.4 is 4.74 Å². The molecular formula is C8H5ClFNO. The lowest BCUT2D eigenvalue weighted by molar-refractivity contribution is 0.325. The summed E-state index contributed by atoms with van der Waals surface area (Å²) in [6.45, 7) is 0.206. The van der Waals surface area contributed by atoms with Crippen molar-refractivity contribution in [3.05, 3.63) is 29.6 Å². The van der Waals surface area contributed by atoms with Crippen molar-refractivity contribution >= 4 is 16.8 Å². The predicted octanol–water partition coefficient (Wildman–Crippen LogP) is 2.16. The van der Waals surface area contributed by atoms with E-state index in [0.29, 0.717) is 16.5 Å². The van der Waals surface area contributed by atoms with Gasteiger partial charge in [-0.05, 0) is 18.2 Å². The summed E-state index contributed by atoms with van der Waals surface area (Å²) in [5.41, 5.74) is 0.517. The first kappa shape index (κ1) is 7.55. The zero-order valence-corrected chi connectivity index (χ0v) is 6.81. The smallest absolute Gasteiger partial charge is 0.180 e. The van der Waals surface area contributed by atoms with Crippen LogP contribution in [0.5, 0.6) is 5.75 Å². The lowest BCUT2D eigenvalue weighted by atomic mass is 10.2. The summed E-state index contributed by atoms with van der Waals surface area (Å²) in [6, 6.07) is 4.18. The summed E-state index contributed by atoms with van der Waals surface area (Å²) in [7, 11) is 0. The maximum atomic E-state index is 12.7. The van der Waals surface area contributed by atoms with Gasteiger partial charge in [-0.25, -0.2) is 9.38 Å². The van der Waals surface area contributed by atoms with Crippen molar-refractivity contribution < 1.29 is 9.13 Å². The molecule has 1 aromatic rings. The molecule has 1 aliphatic heterocycles. The third-order valence-corrected chi connectivity index (χ3v) is 1.91. The van der Waals surface area contributed by atoms with Crippen molar-refractivity contribution in [2.24, 2.45) is 4.99 Å². The number of benzene rings is 1. The summed E-state index contributed by atoms with van der Waals surface area (Å²) in [5.74, 6) is 0.240. The summed E-state index contributed by atoms with van der Waals surface area (Å²) < 4.78 is 17.8. The molecule has 2 rings (SSSR count). The number of hydrogen-bond acceptors (Lipinski definition) is 2. The number of ether oxygens (including phenoxy) is 1. The van der Waals surface area contributed by atoms with Gasteiger partial charge >= 0.3 is 0 Å². The summed E-state index contributed by atoms with van der Waals surface area (Å²) >= 11 is 5.72. The number of rotatable bonds is 0. The van der Waals surface area contributed by atoms with Gasteiger partial charge in [0.1, 0.15) is 16.7 Å². The number of hydrogen-bond donors (Lipinski definition) is 0. The van der Waals surface area contributed by atoms with Crippen LogP contribution in [0.1, 0.15) is 5.56 Å². The number of nitrogens with zero attached hydrogens (tertiary/aromatic N) is 1. The topological polar surface area (TPSA) is 21.6 Å². The highest BCUT2D eigenvalue weighted by molar-refractivity contribution is 6.70. The van der Waals surface area contributed by atoms with Crippen LogP contribution in [0.3, 0.4) is 0 Å². The molecule has 0 unspecified atom stereocenters. The van der Waals surface area contributed by atoms with Gasteiger partial charge in [-0.3, -0.25) is 0 Å². The Labute approximate surface area is 73.6 Å². The Hall–Kier alpha value is -1.09. The first-order valence-corrected chi connectivity index (χ1v) is 3.78. The summed E-state index contributed by atoms with van der Waals surface area (Å²) in [6.07, 6.45) is 0. The number of fused-ring (bicyclic) bond motifs is 1. The lowest BCUT2D eigenvalue weighted by Gasteiger charge is -2.13. The van der Waals surface area contributed by atoms with Crippen LogP contribution in [0.4, 0.5) is 4.39 Å². The van der Waals surface area contributed by atoms with E-state index in [0.717, 1.165) is 0 Å². The Morgan fingerprint density at radius 3 is 3.17 bits per heavy atom. The number of halogens is 2. The first-order valence-electron chi connectivity index (χ1n) is 3.40. The normalized spacial score (nSPS) is 14.7. The van der Waals surface area contributed by atoms with Gasteiger partial charge in [0.15, 0.2) is 6.73 Å². The highest BCUT2D eigenvalue weighted by atomic mass is 35.5. The Morgan fingerprint density at radius 2 is 2.33 bits per heavy atom. The van der Waals surface area contributed by atoms with Gasteiger partial charge in [0.05, 0.1) is 5.56 Å². The minimum atomic E-state index is -0.340. The fourth-order valence-electron chi connectivity index (χ4n) is 1.03. The van der Waals surface area contributed by atoms with Gasteiger partial charge in [-0.1, -0.05) is 11.6 Å². The molecule has 0 fully saturated rings. The molecule has 0 aromatic heterocycles. The second-order valence-electron chi connectivity index (χ2n) is 2.36. The second-order valence-corrected chi connectivity index (χ2v) is 2.72. The molecule has 0 bridgehead atoms. The third kappa shape index (κ3) is 1.16. The molecule has 0 radical (unpaired) electrons. The first-order chi connectivity index (χ1) is 5.77. The van der Waals surface area contributed by atoms with E-state index in [1.807, 2.05) is 0 Å². The molecule has 1 heterocycles. The van der Waals surface area contributed by atoms with Crippen LogP contribution in [-0.2, 0) is 0 Å². The van der Waals surface area contributed by atoms with E-state index in [2.05, 4.69) is 4.99 Å². The molecule has 0 amide bonds. The largest absolute Gasteiger partial charge is 0.471 e. The molecule has 62 valence electrons. The maximum absolute atomic E-state index is 12.7. The van der Waals surface area contributed by atoms with Gasteiger partial charge < -0.3 is 4.74 Å². The Bertz CT molecular complexity index is 351. The van der Waals surface area contributed by atoms with E-state index in [-0.39, 0.29) is 12.5 Å². The van der Waals surface area contributed by atoms with E-state index >= 15 is 0 Å². The SMILES string of the molecule is Fc1ccc2c(c1)C(Cl)=NCO2. The van der Waals surface area contributed by atoms with Crippen LogP contribution in [0.15, 0.2) is 23.2 Å². The van der Waals surface area contributed by atoms with Crippen molar-refractivity contribution in [2.75, 3.05) is 6.73 Å². The molecule has 0 saturated heterocycles. The molecule has 1 aromatic carbocycles. The van der Waals surface area contributed by atoms with Gasteiger partial charge in [-0.15, -0.1) is 0 Å². The molecule has 2 nitrogen and oxygen atoms in total. The van der Waals surface area contributed by atoms with Gasteiger partial charge in [0, 0.05) is 0 Å². The van der Waals surface area contributed by atoms with Crippen molar-refractivity contribution in [2.45, 2.75) is 0 Å². The fourth-order valence-corrected chi connectivity index (χ4v) is 1.23. The Balaban J connectivity index is 2.58. The van der Waals surface area contributed by atoms with Crippen molar-refractivity contribution in [3.63, 3.8) is 0 Å². The molecule has 0 N–H and O–H groups in total. The van der Waals surface area contributed by atoms with E-state index < -0.39 is 0 Å². The van der Waals surface area contributed by atoms with E-state index in [4.69, 9.17) is 16.3 Å². The average Bonchev–Trinajstić information content (AvgIpc) is 2.07. The lowest BCUT2D eigenvalue weighted by Crippen LogP contribution is -2.08. The van der Waals surface area contributed by atoms with Crippen LogP contribution >= 0.6 is 11.6 Å². The monoisotopic (exact) mass is 185 g/mol. The van der Waals surface area contributed by atoms with Crippen LogP contribution in [0.2, 0.25) is 0 Å². The summed E-state index contributed by atoms with van der Waals surface area (Å²) in [5, 5.41) is 0.302.